The Morgan fingerprint density at radius 2 is 2.17 bits per heavy atom. The maximum absolute atomic E-state index is 11.4. The summed E-state index contributed by atoms with van der Waals surface area (Å²) in [5.41, 5.74) is 0.496. The minimum atomic E-state index is -1.06. The van der Waals surface area contributed by atoms with Crippen molar-refractivity contribution in [2.75, 3.05) is 25.6 Å². The Bertz CT molecular complexity index is 451. The molecular weight excluding hydrogens is 304 g/mol. The van der Waals surface area contributed by atoms with E-state index in [1.165, 1.54) is 13.2 Å². The lowest BCUT2D eigenvalue weighted by Gasteiger charge is -2.08. The molecule has 2 amide bonds. The fourth-order valence-corrected chi connectivity index (χ4v) is 1.63. The maximum atomic E-state index is 11.4. The Balaban J connectivity index is 2.65. The number of methoxy groups -OCH3 is 1. The van der Waals surface area contributed by atoms with Crippen LogP contribution in [0.4, 0.5) is 10.5 Å². The summed E-state index contributed by atoms with van der Waals surface area (Å²) in [6.07, 6.45) is 0. The standard InChI is InChI=1S/C11H13BrN2O4/c1-18-5-4-13-11(17)14-7-2-3-9(12)8(6-7)10(15)16/h2-3,6H,4-5H2,1H3,(H,15,16)(H2,13,14,17). The smallest absolute Gasteiger partial charge is 0.336 e. The van der Waals surface area contributed by atoms with Gasteiger partial charge in [0.05, 0.1) is 12.2 Å². The number of ether oxygens (including phenoxy) is 1. The van der Waals surface area contributed by atoms with E-state index in [2.05, 4.69) is 26.6 Å². The van der Waals surface area contributed by atoms with Crippen LogP contribution in [0.3, 0.4) is 0 Å². The third kappa shape index (κ3) is 4.34. The predicted molar refractivity (Wildman–Crippen MR) is 70.0 cm³/mol. The van der Waals surface area contributed by atoms with Crippen molar-refractivity contribution in [3.63, 3.8) is 0 Å². The first-order valence-electron chi connectivity index (χ1n) is 5.11. The van der Waals surface area contributed by atoms with Crippen molar-refractivity contribution in [2.45, 2.75) is 0 Å². The Kier molecular flexibility index (Phi) is 5.60. The number of carboxylic acid groups (broad SMARTS) is 1. The molecule has 18 heavy (non-hydrogen) atoms. The van der Waals surface area contributed by atoms with Gasteiger partial charge in [-0.25, -0.2) is 9.59 Å². The molecule has 6 nitrogen and oxygen atoms in total. The zero-order valence-electron chi connectivity index (χ0n) is 9.70. The zero-order chi connectivity index (χ0) is 13.5. The molecule has 0 aliphatic heterocycles. The average Bonchev–Trinajstić information content (AvgIpc) is 2.31. The molecule has 1 rings (SSSR count). The molecule has 0 saturated heterocycles. The van der Waals surface area contributed by atoms with Gasteiger partial charge in [-0.1, -0.05) is 0 Å². The first-order chi connectivity index (χ1) is 8.54. The van der Waals surface area contributed by atoms with Gasteiger partial charge in [0.25, 0.3) is 0 Å². The molecule has 0 aliphatic carbocycles. The van der Waals surface area contributed by atoms with Crippen LogP contribution in [-0.2, 0) is 4.74 Å². The molecule has 0 aromatic heterocycles. The van der Waals surface area contributed by atoms with Crippen molar-refractivity contribution < 1.29 is 19.4 Å². The highest BCUT2D eigenvalue weighted by molar-refractivity contribution is 9.10. The number of carboxylic acids is 1. The van der Waals surface area contributed by atoms with E-state index in [1.54, 1.807) is 12.1 Å². The molecule has 0 bridgehead atoms. The van der Waals surface area contributed by atoms with Crippen LogP contribution in [-0.4, -0.2) is 37.4 Å². The number of carbonyl (C=O) groups excluding carboxylic acids is 1. The Morgan fingerprint density at radius 3 is 2.78 bits per heavy atom. The van der Waals surface area contributed by atoms with Crippen molar-refractivity contribution in [1.29, 1.82) is 0 Å². The number of benzene rings is 1. The number of hydrogen-bond acceptors (Lipinski definition) is 3. The lowest BCUT2D eigenvalue weighted by molar-refractivity contribution is 0.0696. The van der Waals surface area contributed by atoms with Crippen molar-refractivity contribution in [3.8, 4) is 0 Å². The number of urea groups is 1. The van der Waals surface area contributed by atoms with Gasteiger partial charge in [-0.15, -0.1) is 0 Å². The number of anilines is 1. The minimum absolute atomic E-state index is 0.0877. The van der Waals surface area contributed by atoms with Crippen molar-refractivity contribution >= 4 is 33.6 Å². The van der Waals surface area contributed by atoms with Gasteiger partial charge in [-0.3, -0.25) is 0 Å². The van der Waals surface area contributed by atoms with E-state index in [0.717, 1.165) is 0 Å². The van der Waals surface area contributed by atoms with Crippen molar-refractivity contribution in [2.24, 2.45) is 0 Å². The van der Waals surface area contributed by atoms with Crippen LogP contribution in [0.15, 0.2) is 22.7 Å². The third-order valence-corrected chi connectivity index (χ3v) is 2.74. The van der Waals surface area contributed by atoms with Crippen LogP contribution in [0.2, 0.25) is 0 Å². The van der Waals surface area contributed by atoms with Gasteiger partial charge in [0.2, 0.25) is 0 Å². The number of carbonyl (C=O) groups is 2. The number of rotatable bonds is 5. The van der Waals surface area contributed by atoms with Crippen molar-refractivity contribution in [3.05, 3.63) is 28.2 Å². The summed E-state index contributed by atoms with van der Waals surface area (Å²) in [4.78, 5) is 22.3. The molecule has 0 saturated carbocycles. The lowest BCUT2D eigenvalue weighted by atomic mass is 10.2. The van der Waals surface area contributed by atoms with Gasteiger partial charge in [0, 0.05) is 23.8 Å². The maximum Gasteiger partial charge on any atom is 0.336 e. The average molecular weight is 317 g/mol. The number of hydrogen-bond donors (Lipinski definition) is 3. The van der Waals surface area contributed by atoms with Gasteiger partial charge in [0.1, 0.15) is 0 Å². The highest BCUT2D eigenvalue weighted by atomic mass is 79.9. The Labute approximate surface area is 112 Å². The molecule has 1 aromatic carbocycles. The summed E-state index contributed by atoms with van der Waals surface area (Å²) in [7, 11) is 1.54. The van der Waals surface area contributed by atoms with E-state index >= 15 is 0 Å². The molecule has 0 heterocycles. The second-order valence-electron chi connectivity index (χ2n) is 3.37. The first-order valence-corrected chi connectivity index (χ1v) is 5.90. The van der Waals surface area contributed by atoms with E-state index in [4.69, 9.17) is 9.84 Å². The molecule has 0 spiro atoms. The van der Waals surface area contributed by atoms with Gasteiger partial charge < -0.3 is 20.5 Å². The number of nitrogens with one attached hydrogen (secondary N) is 2. The minimum Gasteiger partial charge on any atom is -0.478 e. The molecule has 0 aliphatic rings. The van der Waals surface area contributed by atoms with Gasteiger partial charge >= 0.3 is 12.0 Å². The molecule has 0 unspecified atom stereocenters. The SMILES string of the molecule is COCCNC(=O)Nc1ccc(Br)c(C(=O)O)c1. The lowest BCUT2D eigenvalue weighted by Crippen LogP contribution is -2.31. The second kappa shape index (κ2) is 6.97. The topological polar surface area (TPSA) is 87.7 Å². The summed E-state index contributed by atoms with van der Waals surface area (Å²) in [5, 5.41) is 14.0. The summed E-state index contributed by atoms with van der Waals surface area (Å²) in [6, 6.07) is 4.13. The molecule has 7 heteroatoms. The first kappa shape index (κ1) is 14.5. The highest BCUT2D eigenvalue weighted by Crippen LogP contribution is 2.21. The van der Waals surface area contributed by atoms with Crippen molar-refractivity contribution in [1.82, 2.24) is 5.32 Å². The second-order valence-corrected chi connectivity index (χ2v) is 4.23. The van der Waals surface area contributed by atoms with E-state index < -0.39 is 12.0 Å². The summed E-state index contributed by atoms with van der Waals surface area (Å²) < 4.78 is 5.24. The van der Waals surface area contributed by atoms with E-state index in [1.807, 2.05) is 0 Å². The quantitative estimate of drug-likeness (QED) is 0.724. The molecular formula is C11H13BrN2O4. The Hall–Kier alpha value is -1.60. The highest BCUT2D eigenvalue weighted by Gasteiger charge is 2.10. The van der Waals surface area contributed by atoms with Crippen LogP contribution < -0.4 is 10.6 Å². The summed E-state index contributed by atoms with van der Waals surface area (Å²) in [5.74, 6) is -1.06. The van der Waals surface area contributed by atoms with Crippen LogP contribution in [0, 0.1) is 0 Å². The Morgan fingerprint density at radius 1 is 1.44 bits per heavy atom. The molecule has 1 aromatic rings. The van der Waals surface area contributed by atoms with Crippen LogP contribution in [0.5, 0.6) is 0 Å². The van der Waals surface area contributed by atoms with Crippen LogP contribution in [0.1, 0.15) is 10.4 Å². The van der Waals surface area contributed by atoms with Crippen LogP contribution in [0.25, 0.3) is 0 Å². The molecule has 3 N–H and O–H groups in total. The van der Waals surface area contributed by atoms with Gasteiger partial charge in [-0.05, 0) is 34.1 Å². The fourth-order valence-electron chi connectivity index (χ4n) is 1.21. The predicted octanol–water partition coefficient (Wildman–Crippen LogP) is 1.92. The molecule has 98 valence electrons. The molecule has 0 fully saturated rings. The zero-order valence-corrected chi connectivity index (χ0v) is 11.3. The molecule has 0 radical (unpaired) electrons. The number of amides is 2. The monoisotopic (exact) mass is 316 g/mol. The number of halogens is 1. The largest absolute Gasteiger partial charge is 0.478 e. The normalized spacial score (nSPS) is 9.89. The van der Waals surface area contributed by atoms with E-state index in [0.29, 0.717) is 23.3 Å². The summed E-state index contributed by atoms with van der Waals surface area (Å²) in [6.45, 7) is 0.790. The third-order valence-electron chi connectivity index (χ3n) is 2.05. The fraction of sp³-hybridized carbons (Fsp3) is 0.273. The summed E-state index contributed by atoms with van der Waals surface area (Å²) >= 11 is 3.12. The molecule has 0 atom stereocenters. The van der Waals surface area contributed by atoms with E-state index in [-0.39, 0.29) is 5.56 Å². The van der Waals surface area contributed by atoms with Gasteiger partial charge in [0.15, 0.2) is 0 Å². The van der Waals surface area contributed by atoms with E-state index in [9.17, 15) is 9.59 Å². The van der Waals surface area contributed by atoms with Gasteiger partial charge in [-0.2, -0.15) is 0 Å². The van der Waals surface area contributed by atoms with Crippen LogP contribution >= 0.6 is 15.9 Å². The number of aromatic carboxylic acids is 1.